The van der Waals surface area contributed by atoms with E-state index in [0.717, 1.165) is 11.3 Å². The number of rotatable bonds is 5. The van der Waals surface area contributed by atoms with Crippen LogP contribution < -0.4 is 4.74 Å². The molecule has 0 unspecified atom stereocenters. The third kappa shape index (κ3) is 2.80. The molecule has 3 heteroatoms. The summed E-state index contributed by atoms with van der Waals surface area (Å²) in [6.45, 7) is 4.85. The van der Waals surface area contributed by atoms with Crippen molar-refractivity contribution in [2.45, 2.75) is 13.8 Å². The molecule has 0 aliphatic carbocycles. The Morgan fingerprint density at radius 3 is 2.67 bits per heavy atom. The highest BCUT2D eigenvalue weighted by molar-refractivity contribution is 5.74. The molecular weight excluding hydrogens is 228 g/mol. The Hall–Kier alpha value is -2.03. The molecule has 94 valence electrons. The molecule has 1 aromatic carbocycles. The Bertz CT molecular complexity index is 526. The van der Waals surface area contributed by atoms with Crippen molar-refractivity contribution in [2.75, 3.05) is 6.61 Å². The van der Waals surface area contributed by atoms with E-state index in [9.17, 15) is 4.79 Å². The highest BCUT2D eigenvalue weighted by atomic mass is 16.5. The first kappa shape index (κ1) is 12.4. The van der Waals surface area contributed by atoms with Crippen LogP contribution in [0.4, 0.5) is 0 Å². The van der Waals surface area contributed by atoms with Gasteiger partial charge in [0, 0.05) is 0 Å². The van der Waals surface area contributed by atoms with Gasteiger partial charge in [-0.1, -0.05) is 26.0 Å². The molecule has 1 aromatic heterocycles. The average molecular weight is 244 g/mol. The Balaban J connectivity index is 2.29. The minimum atomic E-state index is 0.323. The molecule has 0 aliphatic heterocycles. The van der Waals surface area contributed by atoms with Crippen LogP contribution in [-0.2, 0) is 0 Å². The van der Waals surface area contributed by atoms with E-state index >= 15 is 0 Å². The van der Waals surface area contributed by atoms with E-state index in [1.165, 1.54) is 0 Å². The van der Waals surface area contributed by atoms with Crippen molar-refractivity contribution >= 4 is 6.29 Å². The molecule has 2 rings (SSSR count). The lowest BCUT2D eigenvalue weighted by Gasteiger charge is -2.11. The second-order valence-corrected chi connectivity index (χ2v) is 4.52. The van der Waals surface area contributed by atoms with Gasteiger partial charge < -0.3 is 9.15 Å². The Morgan fingerprint density at radius 1 is 1.22 bits per heavy atom. The molecule has 0 fully saturated rings. The zero-order valence-electron chi connectivity index (χ0n) is 10.6. The van der Waals surface area contributed by atoms with E-state index < -0.39 is 0 Å². The molecule has 2 aromatic rings. The van der Waals surface area contributed by atoms with Crippen LogP contribution in [-0.4, -0.2) is 12.9 Å². The largest absolute Gasteiger partial charge is 0.493 e. The highest BCUT2D eigenvalue weighted by Crippen LogP contribution is 2.31. The van der Waals surface area contributed by atoms with Crippen LogP contribution in [0.5, 0.6) is 5.75 Å². The molecule has 1 heterocycles. The molecule has 3 nitrogen and oxygen atoms in total. The molecule has 0 saturated carbocycles. The van der Waals surface area contributed by atoms with Crippen molar-refractivity contribution in [3.8, 4) is 17.1 Å². The van der Waals surface area contributed by atoms with Gasteiger partial charge in [-0.15, -0.1) is 0 Å². The van der Waals surface area contributed by atoms with Crippen LogP contribution >= 0.6 is 0 Å². The first-order valence-corrected chi connectivity index (χ1v) is 5.98. The fourth-order valence-corrected chi connectivity index (χ4v) is 1.61. The summed E-state index contributed by atoms with van der Waals surface area (Å²) in [6.07, 6.45) is 0.696. The molecule has 0 saturated heterocycles. The summed E-state index contributed by atoms with van der Waals surface area (Å²) < 4.78 is 11.2. The smallest absolute Gasteiger partial charge is 0.185 e. The SMILES string of the molecule is CC(C)COc1ccccc1-c1ccc(C=O)o1. The highest BCUT2D eigenvalue weighted by Gasteiger charge is 2.10. The normalized spacial score (nSPS) is 10.6. The van der Waals surface area contributed by atoms with E-state index in [0.29, 0.717) is 30.3 Å². The van der Waals surface area contributed by atoms with Gasteiger partial charge in [0.15, 0.2) is 12.0 Å². The first-order chi connectivity index (χ1) is 8.70. The maximum Gasteiger partial charge on any atom is 0.185 e. The van der Waals surface area contributed by atoms with E-state index in [-0.39, 0.29) is 0 Å². The van der Waals surface area contributed by atoms with Crippen LogP contribution in [0.25, 0.3) is 11.3 Å². The van der Waals surface area contributed by atoms with Crippen molar-refractivity contribution in [1.29, 1.82) is 0 Å². The van der Waals surface area contributed by atoms with Crippen molar-refractivity contribution in [2.24, 2.45) is 5.92 Å². The summed E-state index contributed by atoms with van der Waals surface area (Å²) >= 11 is 0. The molecule has 0 spiro atoms. The number of furan rings is 1. The van der Waals surface area contributed by atoms with Gasteiger partial charge in [0.05, 0.1) is 12.2 Å². The standard InChI is InChI=1S/C15H16O3/c1-11(2)10-17-14-6-4-3-5-13(14)15-8-7-12(9-16)18-15/h3-9,11H,10H2,1-2H3. The molecular formula is C15H16O3. The summed E-state index contributed by atoms with van der Waals surface area (Å²) in [7, 11) is 0. The van der Waals surface area contributed by atoms with E-state index in [2.05, 4.69) is 13.8 Å². The summed E-state index contributed by atoms with van der Waals surface area (Å²) in [5.74, 6) is 2.21. The number of benzene rings is 1. The summed E-state index contributed by atoms with van der Waals surface area (Å²) in [6, 6.07) is 11.1. The topological polar surface area (TPSA) is 39.4 Å². The van der Waals surface area contributed by atoms with Crippen LogP contribution in [0.2, 0.25) is 0 Å². The average Bonchev–Trinajstić information content (AvgIpc) is 2.85. The molecule has 0 N–H and O–H groups in total. The maximum absolute atomic E-state index is 10.6. The monoisotopic (exact) mass is 244 g/mol. The lowest BCUT2D eigenvalue weighted by molar-refractivity contribution is 0.110. The van der Waals surface area contributed by atoms with E-state index in [1.54, 1.807) is 12.1 Å². The fourth-order valence-electron chi connectivity index (χ4n) is 1.61. The molecule has 18 heavy (non-hydrogen) atoms. The van der Waals surface area contributed by atoms with E-state index in [4.69, 9.17) is 9.15 Å². The van der Waals surface area contributed by atoms with Gasteiger partial charge in [0.25, 0.3) is 0 Å². The van der Waals surface area contributed by atoms with Crippen LogP contribution in [0.3, 0.4) is 0 Å². The fraction of sp³-hybridized carbons (Fsp3) is 0.267. The number of hydrogen-bond donors (Lipinski definition) is 0. The van der Waals surface area contributed by atoms with Gasteiger partial charge in [0.1, 0.15) is 11.5 Å². The third-order valence-electron chi connectivity index (χ3n) is 2.47. The predicted octanol–water partition coefficient (Wildman–Crippen LogP) is 3.79. The van der Waals surface area contributed by atoms with Gasteiger partial charge >= 0.3 is 0 Å². The van der Waals surface area contributed by atoms with Gasteiger partial charge in [-0.3, -0.25) is 4.79 Å². The van der Waals surface area contributed by atoms with Crippen molar-refractivity contribution in [3.63, 3.8) is 0 Å². The Labute approximate surface area is 106 Å². The Morgan fingerprint density at radius 2 is 2.00 bits per heavy atom. The molecule has 0 aliphatic rings. The third-order valence-corrected chi connectivity index (χ3v) is 2.47. The van der Waals surface area contributed by atoms with Crippen LogP contribution in [0, 0.1) is 5.92 Å². The number of carbonyl (C=O) groups excluding carboxylic acids is 1. The van der Waals surface area contributed by atoms with Gasteiger partial charge in [-0.2, -0.15) is 0 Å². The van der Waals surface area contributed by atoms with Crippen molar-refractivity contribution in [1.82, 2.24) is 0 Å². The molecule has 0 bridgehead atoms. The molecule has 0 radical (unpaired) electrons. The van der Waals surface area contributed by atoms with Crippen LogP contribution in [0.15, 0.2) is 40.8 Å². The van der Waals surface area contributed by atoms with Gasteiger partial charge in [-0.05, 0) is 30.2 Å². The molecule has 0 atom stereocenters. The number of hydrogen-bond acceptors (Lipinski definition) is 3. The minimum absolute atomic E-state index is 0.323. The second kappa shape index (κ2) is 5.54. The maximum atomic E-state index is 10.6. The number of para-hydroxylation sites is 1. The van der Waals surface area contributed by atoms with Gasteiger partial charge in [0.2, 0.25) is 0 Å². The van der Waals surface area contributed by atoms with Gasteiger partial charge in [-0.25, -0.2) is 0 Å². The summed E-state index contributed by atoms with van der Waals surface area (Å²) in [4.78, 5) is 10.6. The number of aldehydes is 1. The lowest BCUT2D eigenvalue weighted by atomic mass is 10.1. The number of ether oxygens (including phenoxy) is 1. The van der Waals surface area contributed by atoms with E-state index in [1.807, 2.05) is 24.3 Å². The minimum Gasteiger partial charge on any atom is -0.493 e. The first-order valence-electron chi connectivity index (χ1n) is 5.98. The lowest BCUT2D eigenvalue weighted by Crippen LogP contribution is -2.05. The predicted molar refractivity (Wildman–Crippen MR) is 69.9 cm³/mol. The number of carbonyl (C=O) groups is 1. The second-order valence-electron chi connectivity index (χ2n) is 4.52. The zero-order valence-corrected chi connectivity index (χ0v) is 10.6. The zero-order chi connectivity index (χ0) is 13.0. The van der Waals surface area contributed by atoms with Crippen molar-refractivity contribution in [3.05, 3.63) is 42.2 Å². The summed E-state index contributed by atoms with van der Waals surface area (Å²) in [5, 5.41) is 0. The van der Waals surface area contributed by atoms with Crippen LogP contribution in [0.1, 0.15) is 24.4 Å². The van der Waals surface area contributed by atoms with Crippen molar-refractivity contribution < 1.29 is 13.9 Å². The Kier molecular flexibility index (Phi) is 3.82. The summed E-state index contributed by atoms with van der Waals surface area (Å²) in [5.41, 5.74) is 0.867. The molecule has 0 amide bonds. The quantitative estimate of drug-likeness (QED) is 0.751.